The monoisotopic (exact) mass is 299 g/mol. The Morgan fingerprint density at radius 2 is 2.41 bits per heavy atom. The molecule has 2 atom stereocenters. The maximum absolute atomic E-state index is 11.9. The van der Waals surface area contributed by atoms with Crippen LogP contribution in [0.1, 0.15) is 35.4 Å². The topological polar surface area (TPSA) is 46.9 Å². The van der Waals surface area contributed by atoms with Gasteiger partial charge in [-0.05, 0) is 38.2 Å². The highest BCUT2D eigenvalue weighted by Crippen LogP contribution is 2.30. The molecular formula is C12H18BrN3O. The van der Waals surface area contributed by atoms with E-state index in [1.165, 1.54) is 12.8 Å². The summed E-state index contributed by atoms with van der Waals surface area (Å²) in [5.74, 6) is 0.587. The van der Waals surface area contributed by atoms with Gasteiger partial charge in [0.05, 0.1) is 5.69 Å². The zero-order valence-corrected chi connectivity index (χ0v) is 11.8. The van der Waals surface area contributed by atoms with Gasteiger partial charge in [0.2, 0.25) is 0 Å². The van der Waals surface area contributed by atoms with Gasteiger partial charge in [-0.2, -0.15) is 5.10 Å². The fourth-order valence-electron chi connectivity index (χ4n) is 2.35. The van der Waals surface area contributed by atoms with Crippen molar-refractivity contribution in [1.29, 1.82) is 0 Å². The van der Waals surface area contributed by atoms with Gasteiger partial charge >= 0.3 is 0 Å². The minimum atomic E-state index is -0.0221. The number of alkyl halides is 1. The highest BCUT2D eigenvalue weighted by atomic mass is 79.9. The predicted octanol–water partition coefficient (Wildman–Crippen LogP) is 2.02. The standard InChI is InChI=1S/C12H18BrN3O/c1-8-5-11(16(2)15-8)12(17)14-7-9-3-4-10(13)6-9/h5,9-10H,3-4,6-7H2,1-2H3,(H,14,17). The number of carbonyl (C=O) groups is 1. The number of nitrogens with one attached hydrogen (secondary N) is 1. The summed E-state index contributed by atoms with van der Waals surface area (Å²) in [6.45, 7) is 2.66. The van der Waals surface area contributed by atoms with Crippen LogP contribution in [0.25, 0.3) is 0 Å². The van der Waals surface area contributed by atoms with Crippen LogP contribution in [0.15, 0.2) is 6.07 Å². The van der Waals surface area contributed by atoms with Crippen molar-refractivity contribution >= 4 is 21.8 Å². The number of nitrogens with zero attached hydrogens (tertiary/aromatic N) is 2. The van der Waals surface area contributed by atoms with Gasteiger partial charge in [0.15, 0.2) is 0 Å². The van der Waals surface area contributed by atoms with Gasteiger partial charge in [0.1, 0.15) is 5.69 Å². The van der Waals surface area contributed by atoms with E-state index < -0.39 is 0 Å². The molecule has 5 heteroatoms. The first-order valence-electron chi connectivity index (χ1n) is 5.99. The van der Waals surface area contributed by atoms with Crippen LogP contribution < -0.4 is 5.32 Å². The fraction of sp³-hybridized carbons (Fsp3) is 0.667. The molecule has 0 radical (unpaired) electrons. The number of carbonyl (C=O) groups excluding carboxylic acids is 1. The second kappa shape index (κ2) is 5.21. The zero-order valence-electron chi connectivity index (χ0n) is 10.2. The van der Waals surface area contributed by atoms with E-state index in [9.17, 15) is 4.79 Å². The van der Waals surface area contributed by atoms with Crippen molar-refractivity contribution in [2.45, 2.75) is 31.0 Å². The number of rotatable bonds is 3. The van der Waals surface area contributed by atoms with E-state index in [2.05, 4.69) is 26.3 Å². The van der Waals surface area contributed by atoms with E-state index in [-0.39, 0.29) is 5.91 Å². The molecule has 2 unspecified atom stereocenters. The normalized spacial score (nSPS) is 23.9. The minimum Gasteiger partial charge on any atom is -0.350 e. The van der Waals surface area contributed by atoms with E-state index in [0.717, 1.165) is 18.7 Å². The van der Waals surface area contributed by atoms with Crippen molar-refractivity contribution in [1.82, 2.24) is 15.1 Å². The average molecular weight is 300 g/mol. The van der Waals surface area contributed by atoms with Gasteiger partial charge in [0, 0.05) is 18.4 Å². The first-order chi connectivity index (χ1) is 8.06. The summed E-state index contributed by atoms with van der Waals surface area (Å²) < 4.78 is 1.63. The maximum Gasteiger partial charge on any atom is 0.269 e. The SMILES string of the molecule is Cc1cc(C(=O)NCC2CCC(Br)C2)n(C)n1. The van der Waals surface area contributed by atoms with E-state index in [4.69, 9.17) is 0 Å². The lowest BCUT2D eigenvalue weighted by Gasteiger charge is -2.10. The second-order valence-corrected chi connectivity index (χ2v) is 6.08. The molecule has 1 fully saturated rings. The number of hydrogen-bond acceptors (Lipinski definition) is 2. The Morgan fingerprint density at radius 3 is 2.94 bits per heavy atom. The van der Waals surface area contributed by atoms with E-state index in [1.807, 2.05) is 13.0 Å². The predicted molar refractivity (Wildman–Crippen MR) is 70.3 cm³/mol. The third-order valence-electron chi connectivity index (χ3n) is 3.26. The summed E-state index contributed by atoms with van der Waals surface area (Å²) in [6.07, 6.45) is 3.57. The fourth-order valence-corrected chi connectivity index (χ4v) is 3.14. The summed E-state index contributed by atoms with van der Waals surface area (Å²) >= 11 is 3.62. The summed E-state index contributed by atoms with van der Waals surface area (Å²) in [6, 6.07) is 1.82. The lowest BCUT2D eigenvalue weighted by Crippen LogP contribution is -2.30. The summed E-state index contributed by atoms with van der Waals surface area (Å²) in [5, 5.41) is 7.17. The Balaban J connectivity index is 1.87. The van der Waals surface area contributed by atoms with Gasteiger partial charge in [-0.15, -0.1) is 0 Å². The van der Waals surface area contributed by atoms with Crippen molar-refractivity contribution in [3.05, 3.63) is 17.5 Å². The summed E-state index contributed by atoms with van der Waals surface area (Å²) in [4.78, 5) is 12.6. The minimum absolute atomic E-state index is 0.0221. The van der Waals surface area contributed by atoms with Gasteiger partial charge in [-0.3, -0.25) is 9.48 Å². The Kier molecular flexibility index (Phi) is 3.86. The molecule has 1 aromatic rings. The third-order valence-corrected chi connectivity index (χ3v) is 4.09. The molecule has 1 aliphatic rings. The molecule has 17 heavy (non-hydrogen) atoms. The Morgan fingerprint density at radius 1 is 1.65 bits per heavy atom. The van der Waals surface area contributed by atoms with Gasteiger partial charge in [0.25, 0.3) is 5.91 Å². The summed E-state index contributed by atoms with van der Waals surface area (Å²) in [7, 11) is 1.80. The maximum atomic E-state index is 11.9. The summed E-state index contributed by atoms with van der Waals surface area (Å²) in [5.41, 5.74) is 1.51. The zero-order chi connectivity index (χ0) is 12.4. The molecule has 1 amide bonds. The molecule has 1 N–H and O–H groups in total. The van der Waals surface area contributed by atoms with Crippen LogP contribution in [0.3, 0.4) is 0 Å². The van der Waals surface area contributed by atoms with Crippen LogP contribution in [0, 0.1) is 12.8 Å². The number of hydrogen-bond donors (Lipinski definition) is 1. The van der Waals surface area contributed by atoms with Gasteiger partial charge in [-0.25, -0.2) is 0 Å². The Hall–Kier alpha value is -0.840. The number of aromatic nitrogens is 2. The quantitative estimate of drug-likeness (QED) is 0.868. The van der Waals surface area contributed by atoms with Crippen molar-refractivity contribution in [2.75, 3.05) is 6.54 Å². The number of amides is 1. The molecular weight excluding hydrogens is 282 g/mol. The Bertz CT molecular complexity index is 416. The lowest BCUT2D eigenvalue weighted by molar-refractivity contribution is 0.0938. The molecule has 94 valence electrons. The molecule has 0 saturated heterocycles. The molecule has 1 aliphatic carbocycles. The van der Waals surface area contributed by atoms with Crippen LogP contribution in [0.5, 0.6) is 0 Å². The molecule has 0 bridgehead atoms. The highest BCUT2D eigenvalue weighted by Gasteiger charge is 2.23. The van der Waals surface area contributed by atoms with Crippen LogP contribution in [0.4, 0.5) is 0 Å². The smallest absolute Gasteiger partial charge is 0.269 e. The molecule has 1 aromatic heterocycles. The van der Waals surface area contributed by atoms with Crippen LogP contribution in [0.2, 0.25) is 0 Å². The van der Waals surface area contributed by atoms with Crippen molar-refractivity contribution in [2.24, 2.45) is 13.0 Å². The van der Waals surface area contributed by atoms with Crippen LogP contribution >= 0.6 is 15.9 Å². The highest BCUT2D eigenvalue weighted by molar-refractivity contribution is 9.09. The third kappa shape index (κ3) is 3.09. The molecule has 0 spiro atoms. The molecule has 1 saturated carbocycles. The van der Waals surface area contributed by atoms with Crippen molar-refractivity contribution in [3.8, 4) is 0 Å². The van der Waals surface area contributed by atoms with Crippen LogP contribution in [-0.4, -0.2) is 27.1 Å². The first-order valence-corrected chi connectivity index (χ1v) is 6.90. The van der Waals surface area contributed by atoms with Crippen LogP contribution in [-0.2, 0) is 7.05 Å². The van der Waals surface area contributed by atoms with Gasteiger partial charge < -0.3 is 5.32 Å². The van der Waals surface area contributed by atoms with Crippen molar-refractivity contribution in [3.63, 3.8) is 0 Å². The van der Waals surface area contributed by atoms with Crippen molar-refractivity contribution < 1.29 is 4.79 Å². The van der Waals surface area contributed by atoms with Gasteiger partial charge in [-0.1, -0.05) is 15.9 Å². The molecule has 0 aromatic carbocycles. The molecule has 0 aliphatic heterocycles. The second-order valence-electron chi connectivity index (χ2n) is 4.78. The van der Waals surface area contributed by atoms with E-state index >= 15 is 0 Å². The average Bonchev–Trinajstić information content (AvgIpc) is 2.81. The largest absolute Gasteiger partial charge is 0.350 e. The Labute approximate surface area is 110 Å². The van der Waals surface area contributed by atoms with E-state index in [0.29, 0.717) is 16.4 Å². The molecule has 4 nitrogen and oxygen atoms in total. The van der Waals surface area contributed by atoms with E-state index in [1.54, 1.807) is 11.7 Å². The molecule has 1 heterocycles. The lowest BCUT2D eigenvalue weighted by atomic mass is 10.1. The first kappa shape index (κ1) is 12.6. The number of aryl methyl sites for hydroxylation is 2. The molecule has 2 rings (SSSR count). The number of halogens is 1.